The van der Waals surface area contributed by atoms with Crippen molar-refractivity contribution in [3.63, 3.8) is 0 Å². The second-order valence-corrected chi connectivity index (χ2v) is 15.4. The number of hydrogen-bond donors (Lipinski definition) is 3. The number of nitrogens with one attached hydrogen (secondary N) is 1. The van der Waals surface area contributed by atoms with Gasteiger partial charge in [-0.3, -0.25) is 9.59 Å². The second-order valence-electron chi connectivity index (χ2n) is 15.4. The van der Waals surface area contributed by atoms with Crippen molar-refractivity contribution in [3.8, 4) is 0 Å². The molecule has 0 rings (SSSR count). The van der Waals surface area contributed by atoms with Gasteiger partial charge in [0.15, 0.2) is 0 Å². The fourth-order valence-electron chi connectivity index (χ4n) is 6.57. The van der Waals surface area contributed by atoms with E-state index in [0.717, 1.165) is 70.6 Å². The number of ether oxygens (including phenoxy) is 1. The highest BCUT2D eigenvalue weighted by Crippen LogP contribution is 2.14. The van der Waals surface area contributed by atoms with Crippen LogP contribution in [0.3, 0.4) is 0 Å². The molecule has 0 saturated carbocycles. The standard InChI is InChI=1S/C47H87NO5/c1-3-5-7-9-11-13-15-17-18-19-20-23-27-31-35-39-45(50)44(43-49)48-46(51)40-36-32-28-24-22-26-30-34-38-42-53-47(52)41-37-33-29-25-21-16-14-12-10-8-6-4-2/h12,14,24,28,35,39,44-45,49-50H,3-11,13,15-23,25-27,29-34,36-38,40-43H2,1-2H3,(H,48,51)/b14-12-,28-24-,39-35+. The number of carbonyl (C=O) groups is 2. The predicted molar refractivity (Wildman–Crippen MR) is 227 cm³/mol. The number of aliphatic hydroxyl groups excluding tert-OH is 2. The van der Waals surface area contributed by atoms with Crippen LogP contribution in [0.4, 0.5) is 0 Å². The topological polar surface area (TPSA) is 95.9 Å². The number of unbranched alkanes of at least 4 members (excludes halogenated alkanes) is 26. The molecule has 0 aromatic heterocycles. The minimum Gasteiger partial charge on any atom is -0.466 e. The van der Waals surface area contributed by atoms with E-state index in [1.54, 1.807) is 6.08 Å². The lowest BCUT2D eigenvalue weighted by Gasteiger charge is -2.19. The molecule has 0 heterocycles. The first-order valence-electron chi connectivity index (χ1n) is 22.8. The number of allylic oxidation sites excluding steroid dienone is 5. The Balaban J connectivity index is 3.62. The van der Waals surface area contributed by atoms with Gasteiger partial charge in [-0.05, 0) is 77.0 Å². The summed E-state index contributed by atoms with van der Waals surface area (Å²) < 4.78 is 5.41. The maximum Gasteiger partial charge on any atom is 0.305 e. The molecule has 310 valence electrons. The van der Waals surface area contributed by atoms with Crippen molar-refractivity contribution in [2.45, 2.75) is 238 Å². The van der Waals surface area contributed by atoms with E-state index >= 15 is 0 Å². The van der Waals surface area contributed by atoms with Crippen LogP contribution in [0, 0.1) is 0 Å². The number of esters is 1. The Bertz CT molecular complexity index is 869. The van der Waals surface area contributed by atoms with Crippen molar-refractivity contribution < 1.29 is 24.5 Å². The van der Waals surface area contributed by atoms with Crippen molar-refractivity contribution in [1.29, 1.82) is 0 Å². The summed E-state index contributed by atoms with van der Waals surface area (Å²) in [5.41, 5.74) is 0. The van der Waals surface area contributed by atoms with E-state index in [0.29, 0.717) is 19.4 Å². The molecular formula is C47H87NO5. The summed E-state index contributed by atoms with van der Waals surface area (Å²) in [5, 5.41) is 22.9. The summed E-state index contributed by atoms with van der Waals surface area (Å²) in [7, 11) is 0. The predicted octanol–water partition coefficient (Wildman–Crippen LogP) is 12.9. The highest BCUT2D eigenvalue weighted by Gasteiger charge is 2.17. The van der Waals surface area contributed by atoms with Gasteiger partial charge in [0.2, 0.25) is 5.91 Å². The van der Waals surface area contributed by atoms with E-state index in [4.69, 9.17) is 4.74 Å². The highest BCUT2D eigenvalue weighted by molar-refractivity contribution is 5.76. The zero-order valence-electron chi connectivity index (χ0n) is 35.0. The zero-order chi connectivity index (χ0) is 38.7. The number of rotatable bonds is 41. The van der Waals surface area contributed by atoms with Crippen molar-refractivity contribution in [2.24, 2.45) is 0 Å². The van der Waals surface area contributed by atoms with E-state index in [2.05, 4.69) is 43.5 Å². The van der Waals surface area contributed by atoms with Crippen LogP contribution in [-0.4, -0.2) is 47.4 Å². The van der Waals surface area contributed by atoms with Crippen LogP contribution >= 0.6 is 0 Å². The van der Waals surface area contributed by atoms with Crippen LogP contribution in [-0.2, 0) is 14.3 Å². The third kappa shape index (κ3) is 39.6. The minimum absolute atomic E-state index is 0.0491. The van der Waals surface area contributed by atoms with Gasteiger partial charge in [0, 0.05) is 12.8 Å². The normalized spacial score (nSPS) is 13.1. The lowest BCUT2D eigenvalue weighted by molar-refractivity contribution is -0.143. The number of amides is 1. The van der Waals surface area contributed by atoms with Gasteiger partial charge in [-0.15, -0.1) is 0 Å². The molecule has 0 aliphatic heterocycles. The van der Waals surface area contributed by atoms with Crippen LogP contribution in [0.15, 0.2) is 36.5 Å². The minimum atomic E-state index is -0.875. The fourth-order valence-corrected chi connectivity index (χ4v) is 6.57. The van der Waals surface area contributed by atoms with Gasteiger partial charge < -0.3 is 20.3 Å². The Labute approximate surface area is 328 Å². The van der Waals surface area contributed by atoms with Crippen molar-refractivity contribution in [2.75, 3.05) is 13.2 Å². The van der Waals surface area contributed by atoms with Gasteiger partial charge in [0.05, 0.1) is 25.4 Å². The van der Waals surface area contributed by atoms with Gasteiger partial charge in [0.1, 0.15) is 0 Å². The fraction of sp³-hybridized carbons (Fsp3) is 0.830. The summed E-state index contributed by atoms with van der Waals surface area (Å²) in [6, 6.07) is -0.665. The summed E-state index contributed by atoms with van der Waals surface area (Å²) >= 11 is 0. The third-order valence-electron chi connectivity index (χ3n) is 10.1. The van der Waals surface area contributed by atoms with Crippen LogP contribution in [0.2, 0.25) is 0 Å². The quantitative estimate of drug-likeness (QED) is 0.0329. The molecule has 0 aliphatic rings. The molecule has 0 aliphatic carbocycles. The molecule has 53 heavy (non-hydrogen) atoms. The molecule has 0 aromatic carbocycles. The Morgan fingerprint density at radius 1 is 0.509 bits per heavy atom. The summed E-state index contributed by atoms with van der Waals surface area (Å²) in [5.74, 6) is -0.180. The molecule has 1 amide bonds. The van der Waals surface area contributed by atoms with Crippen molar-refractivity contribution in [1.82, 2.24) is 5.32 Å². The van der Waals surface area contributed by atoms with Crippen LogP contribution in [0.1, 0.15) is 226 Å². The lowest BCUT2D eigenvalue weighted by Crippen LogP contribution is -2.45. The maximum atomic E-state index is 12.4. The maximum absolute atomic E-state index is 12.4. The highest BCUT2D eigenvalue weighted by atomic mass is 16.5. The summed E-state index contributed by atoms with van der Waals surface area (Å²) in [4.78, 5) is 24.3. The van der Waals surface area contributed by atoms with Crippen molar-refractivity contribution in [3.05, 3.63) is 36.5 Å². The molecule has 3 N–H and O–H groups in total. The van der Waals surface area contributed by atoms with Crippen LogP contribution in [0.5, 0.6) is 0 Å². The zero-order valence-corrected chi connectivity index (χ0v) is 35.0. The van der Waals surface area contributed by atoms with E-state index < -0.39 is 12.1 Å². The molecule has 6 heteroatoms. The first-order chi connectivity index (χ1) is 26.0. The van der Waals surface area contributed by atoms with Gasteiger partial charge in [-0.25, -0.2) is 0 Å². The molecular weight excluding hydrogens is 659 g/mol. The second kappa shape index (κ2) is 42.8. The van der Waals surface area contributed by atoms with Crippen LogP contribution < -0.4 is 5.32 Å². The first-order valence-corrected chi connectivity index (χ1v) is 22.8. The molecule has 2 atom stereocenters. The molecule has 0 saturated heterocycles. The molecule has 2 unspecified atom stereocenters. The average Bonchev–Trinajstić information content (AvgIpc) is 3.16. The van der Waals surface area contributed by atoms with Gasteiger partial charge in [-0.1, -0.05) is 172 Å². The first kappa shape index (κ1) is 51.1. The van der Waals surface area contributed by atoms with Gasteiger partial charge in [-0.2, -0.15) is 0 Å². The van der Waals surface area contributed by atoms with Gasteiger partial charge >= 0.3 is 5.97 Å². The average molecular weight is 746 g/mol. The van der Waals surface area contributed by atoms with E-state index in [1.807, 2.05) is 6.08 Å². The molecule has 0 aromatic rings. The molecule has 0 bridgehead atoms. The van der Waals surface area contributed by atoms with E-state index in [1.165, 1.54) is 128 Å². The monoisotopic (exact) mass is 746 g/mol. The van der Waals surface area contributed by atoms with E-state index in [9.17, 15) is 19.8 Å². The summed E-state index contributed by atoms with van der Waals surface area (Å²) in [6.07, 6.45) is 49.9. The number of hydrogen-bond acceptors (Lipinski definition) is 5. The molecule has 6 nitrogen and oxygen atoms in total. The molecule has 0 radical (unpaired) electrons. The largest absolute Gasteiger partial charge is 0.466 e. The summed E-state index contributed by atoms with van der Waals surface area (Å²) in [6.45, 7) is 4.76. The SMILES string of the molecule is CCCCC/C=C\CCCCCCCC(=O)OCCCCCC/C=C\CCCC(=O)NC(CO)C(O)/C=C/CCCCCCCCCCCCCCC. The number of carbonyl (C=O) groups excluding carboxylic acids is 2. The van der Waals surface area contributed by atoms with Gasteiger partial charge in [0.25, 0.3) is 0 Å². The molecule has 0 spiro atoms. The Morgan fingerprint density at radius 2 is 0.906 bits per heavy atom. The van der Waals surface area contributed by atoms with Crippen LogP contribution in [0.25, 0.3) is 0 Å². The lowest BCUT2D eigenvalue weighted by atomic mass is 10.0. The van der Waals surface area contributed by atoms with E-state index in [-0.39, 0.29) is 18.5 Å². The Morgan fingerprint density at radius 3 is 1.42 bits per heavy atom. The number of aliphatic hydroxyl groups is 2. The Hall–Kier alpha value is -1.92. The Kier molecular flexibility index (Phi) is 41.3. The smallest absolute Gasteiger partial charge is 0.305 e. The molecule has 0 fully saturated rings. The third-order valence-corrected chi connectivity index (χ3v) is 10.1. The van der Waals surface area contributed by atoms with Crippen molar-refractivity contribution >= 4 is 11.9 Å².